The van der Waals surface area contributed by atoms with Crippen molar-refractivity contribution in [1.29, 1.82) is 0 Å². The molecule has 1 aromatic carbocycles. The van der Waals surface area contributed by atoms with Crippen molar-refractivity contribution in [3.05, 3.63) is 28.2 Å². The van der Waals surface area contributed by atoms with Gasteiger partial charge in [0.1, 0.15) is 0 Å². The van der Waals surface area contributed by atoms with Gasteiger partial charge in [-0.15, -0.1) is 11.6 Å². The molecule has 6 heteroatoms. The van der Waals surface area contributed by atoms with Crippen LogP contribution in [0, 0.1) is 6.92 Å². The monoisotopic (exact) mass is 339 g/mol. The van der Waals surface area contributed by atoms with Crippen molar-refractivity contribution in [3.63, 3.8) is 0 Å². The van der Waals surface area contributed by atoms with Gasteiger partial charge >= 0.3 is 0 Å². The number of hydrogen-bond acceptors (Lipinski definition) is 2. The lowest BCUT2D eigenvalue weighted by Gasteiger charge is -2.09. The highest BCUT2D eigenvalue weighted by Crippen LogP contribution is 2.24. The number of anilines is 1. The number of nitrogens with one attached hydrogen (secondary N) is 1. The van der Waals surface area contributed by atoms with E-state index in [1.54, 1.807) is 6.07 Å². The molecule has 0 spiro atoms. The number of rotatable bonds is 6. The molecule has 0 aliphatic heterocycles. The zero-order chi connectivity index (χ0) is 12.9. The minimum Gasteiger partial charge on any atom is -0.282 e. The Morgan fingerprint density at radius 2 is 2.06 bits per heavy atom. The maximum absolute atomic E-state index is 11.7. The Bertz CT molecular complexity index is 476. The van der Waals surface area contributed by atoms with Crippen molar-refractivity contribution in [3.8, 4) is 0 Å². The lowest BCUT2D eigenvalue weighted by atomic mass is 10.2. The zero-order valence-corrected chi connectivity index (χ0v) is 12.7. The second kappa shape index (κ2) is 6.61. The fourth-order valence-corrected chi connectivity index (χ4v) is 3.42. The Hall–Kier alpha value is -0.260. The maximum Gasteiger partial charge on any atom is 0.232 e. The van der Waals surface area contributed by atoms with Gasteiger partial charge in [-0.05, 0) is 53.4 Å². The Morgan fingerprint density at radius 1 is 1.35 bits per heavy atom. The molecule has 0 fully saturated rings. The first kappa shape index (κ1) is 14.8. The van der Waals surface area contributed by atoms with Crippen LogP contribution in [0.5, 0.6) is 0 Å². The molecule has 0 amide bonds. The summed E-state index contributed by atoms with van der Waals surface area (Å²) in [5.74, 6) is 0.587. The van der Waals surface area contributed by atoms with E-state index in [1.807, 2.05) is 19.1 Å². The van der Waals surface area contributed by atoms with Gasteiger partial charge in [0, 0.05) is 10.4 Å². The zero-order valence-electron chi connectivity index (χ0n) is 9.54. The summed E-state index contributed by atoms with van der Waals surface area (Å²) in [5.41, 5.74) is 1.64. The van der Waals surface area contributed by atoms with E-state index in [-0.39, 0.29) is 5.75 Å². The van der Waals surface area contributed by atoms with Crippen molar-refractivity contribution in [2.75, 3.05) is 16.4 Å². The Kier molecular flexibility index (Phi) is 5.76. The highest BCUT2D eigenvalue weighted by Gasteiger charge is 2.11. The van der Waals surface area contributed by atoms with Crippen LogP contribution >= 0.6 is 27.5 Å². The van der Waals surface area contributed by atoms with Gasteiger partial charge in [0.05, 0.1) is 11.4 Å². The predicted octanol–water partition coefficient (Wildman–Crippen LogP) is 3.52. The average molecular weight is 341 g/mol. The fourth-order valence-electron chi connectivity index (χ4n) is 1.31. The van der Waals surface area contributed by atoms with E-state index in [9.17, 15) is 8.42 Å². The van der Waals surface area contributed by atoms with Crippen molar-refractivity contribution in [2.24, 2.45) is 0 Å². The standard InChI is InChI=1S/C11H15BrClNO2S/c1-9-4-5-11(10(12)8-9)14-17(15,16)7-3-2-6-13/h4-5,8,14H,2-3,6-7H2,1H3. The summed E-state index contributed by atoms with van der Waals surface area (Å²) in [4.78, 5) is 0. The molecular weight excluding hydrogens is 326 g/mol. The first-order valence-corrected chi connectivity index (χ1v) is 8.25. The molecule has 96 valence electrons. The van der Waals surface area contributed by atoms with Crippen molar-refractivity contribution < 1.29 is 8.42 Å². The molecule has 0 atom stereocenters. The van der Waals surface area contributed by atoms with Gasteiger partial charge in [0.15, 0.2) is 0 Å². The van der Waals surface area contributed by atoms with E-state index in [0.29, 0.717) is 24.4 Å². The van der Waals surface area contributed by atoms with Gasteiger partial charge in [-0.2, -0.15) is 0 Å². The van der Waals surface area contributed by atoms with Crippen LogP contribution in [0.25, 0.3) is 0 Å². The Morgan fingerprint density at radius 3 is 2.65 bits per heavy atom. The normalized spacial score (nSPS) is 11.5. The molecule has 0 heterocycles. The molecule has 0 unspecified atom stereocenters. The summed E-state index contributed by atoms with van der Waals surface area (Å²) >= 11 is 8.84. The van der Waals surface area contributed by atoms with Gasteiger partial charge in [0.25, 0.3) is 0 Å². The molecule has 0 aromatic heterocycles. The molecule has 1 N–H and O–H groups in total. The molecule has 0 saturated heterocycles. The SMILES string of the molecule is Cc1ccc(NS(=O)(=O)CCCCCl)c(Br)c1. The first-order valence-electron chi connectivity index (χ1n) is 5.27. The van der Waals surface area contributed by atoms with Crippen LogP contribution in [0.15, 0.2) is 22.7 Å². The molecule has 1 aromatic rings. The Labute approximate surface area is 116 Å². The summed E-state index contributed by atoms with van der Waals surface area (Å²) in [6, 6.07) is 5.48. The van der Waals surface area contributed by atoms with E-state index in [4.69, 9.17) is 11.6 Å². The number of sulfonamides is 1. The van der Waals surface area contributed by atoms with Crippen LogP contribution in [0.4, 0.5) is 5.69 Å². The number of hydrogen-bond donors (Lipinski definition) is 1. The number of alkyl halides is 1. The van der Waals surface area contributed by atoms with Crippen molar-refractivity contribution >= 4 is 43.2 Å². The maximum atomic E-state index is 11.7. The van der Waals surface area contributed by atoms with Crippen LogP contribution in [-0.2, 0) is 10.0 Å². The summed E-state index contributed by atoms with van der Waals surface area (Å²) in [7, 11) is -3.28. The number of aryl methyl sites for hydroxylation is 1. The van der Waals surface area contributed by atoms with Gasteiger partial charge in [-0.3, -0.25) is 4.72 Å². The lowest BCUT2D eigenvalue weighted by Crippen LogP contribution is -2.17. The minimum absolute atomic E-state index is 0.0973. The van der Waals surface area contributed by atoms with E-state index in [0.717, 1.165) is 10.0 Å². The van der Waals surface area contributed by atoms with Crippen LogP contribution in [0.2, 0.25) is 0 Å². The van der Waals surface area contributed by atoms with E-state index < -0.39 is 10.0 Å². The second-order valence-electron chi connectivity index (χ2n) is 3.80. The molecular formula is C11H15BrClNO2S. The average Bonchev–Trinajstić information content (AvgIpc) is 2.22. The second-order valence-corrected chi connectivity index (χ2v) is 6.87. The first-order chi connectivity index (χ1) is 7.94. The van der Waals surface area contributed by atoms with Crippen LogP contribution in [0.1, 0.15) is 18.4 Å². The van der Waals surface area contributed by atoms with Crippen molar-refractivity contribution in [1.82, 2.24) is 0 Å². The number of unbranched alkanes of at least 4 members (excludes halogenated alkanes) is 1. The molecule has 0 bridgehead atoms. The molecule has 3 nitrogen and oxygen atoms in total. The van der Waals surface area contributed by atoms with E-state index >= 15 is 0 Å². The summed E-state index contributed by atoms with van der Waals surface area (Å²) < 4.78 is 26.8. The van der Waals surface area contributed by atoms with Crippen LogP contribution in [-0.4, -0.2) is 20.1 Å². The largest absolute Gasteiger partial charge is 0.282 e. The third-order valence-electron chi connectivity index (χ3n) is 2.19. The molecule has 0 radical (unpaired) electrons. The summed E-state index contributed by atoms with van der Waals surface area (Å²) in [5, 5.41) is 0. The molecule has 0 saturated carbocycles. The van der Waals surface area contributed by atoms with Gasteiger partial charge in [-0.25, -0.2) is 8.42 Å². The quantitative estimate of drug-likeness (QED) is 0.636. The summed E-state index contributed by atoms with van der Waals surface area (Å²) in [6.45, 7) is 1.95. The van der Waals surface area contributed by atoms with Crippen LogP contribution in [0.3, 0.4) is 0 Å². The topological polar surface area (TPSA) is 46.2 Å². The number of halogens is 2. The lowest BCUT2D eigenvalue weighted by molar-refractivity contribution is 0.598. The van der Waals surface area contributed by atoms with E-state index in [1.165, 1.54) is 0 Å². The molecule has 1 rings (SSSR count). The van der Waals surface area contributed by atoms with Crippen molar-refractivity contribution in [2.45, 2.75) is 19.8 Å². The minimum atomic E-state index is -3.28. The van der Waals surface area contributed by atoms with Gasteiger partial charge in [0.2, 0.25) is 10.0 Å². The highest BCUT2D eigenvalue weighted by molar-refractivity contribution is 9.10. The van der Waals surface area contributed by atoms with Gasteiger partial charge in [-0.1, -0.05) is 6.07 Å². The third kappa shape index (κ3) is 5.27. The highest BCUT2D eigenvalue weighted by atomic mass is 79.9. The fraction of sp³-hybridized carbons (Fsp3) is 0.455. The third-order valence-corrected chi connectivity index (χ3v) is 4.47. The molecule has 0 aliphatic rings. The summed E-state index contributed by atoms with van der Waals surface area (Å²) in [6.07, 6.45) is 1.28. The van der Waals surface area contributed by atoms with Gasteiger partial charge < -0.3 is 0 Å². The van der Waals surface area contributed by atoms with E-state index in [2.05, 4.69) is 20.7 Å². The van der Waals surface area contributed by atoms with Crippen LogP contribution < -0.4 is 4.72 Å². The molecule has 17 heavy (non-hydrogen) atoms. The predicted molar refractivity (Wildman–Crippen MR) is 76.2 cm³/mol. The number of benzene rings is 1. The smallest absolute Gasteiger partial charge is 0.232 e. The molecule has 0 aliphatic carbocycles. The Balaban J connectivity index is 2.69.